The summed E-state index contributed by atoms with van der Waals surface area (Å²) in [5, 5.41) is 2.42. The summed E-state index contributed by atoms with van der Waals surface area (Å²) in [6.45, 7) is 2.01. The molecule has 0 atom stereocenters. The summed E-state index contributed by atoms with van der Waals surface area (Å²) < 4.78 is 9.91. The van der Waals surface area contributed by atoms with E-state index in [-0.39, 0.29) is 5.69 Å². The minimum absolute atomic E-state index is 0.248. The Kier molecular flexibility index (Phi) is 4.90. The molecule has 0 aliphatic carbocycles. The van der Waals surface area contributed by atoms with Crippen LogP contribution in [-0.2, 0) is 4.74 Å². The SMILES string of the molecule is COC(=O)c1ccc(OC(=O)c2csc(-c3ccc(C)cc3)n2)cc1. The number of esters is 2. The number of rotatable bonds is 4. The third-order valence-corrected chi connectivity index (χ3v) is 4.39. The molecule has 0 fully saturated rings. The van der Waals surface area contributed by atoms with Crippen molar-refractivity contribution in [2.75, 3.05) is 7.11 Å². The van der Waals surface area contributed by atoms with E-state index in [4.69, 9.17) is 4.74 Å². The van der Waals surface area contributed by atoms with Gasteiger partial charge in [-0.2, -0.15) is 0 Å². The van der Waals surface area contributed by atoms with Gasteiger partial charge in [-0.25, -0.2) is 14.6 Å². The Morgan fingerprint density at radius 1 is 0.960 bits per heavy atom. The summed E-state index contributed by atoms with van der Waals surface area (Å²) >= 11 is 1.38. The number of methoxy groups -OCH3 is 1. The van der Waals surface area contributed by atoms with Gasteiger partial charge in [0.05, 0.1) is 12.7 Å². The van der Waals surface area contributed by atoms with E-state index in [1.54, 1.807) is 5.38 Å². The molecule has 0 saturated carbocycles. The molecule has 2 aromatic carbocycles. The highest BCUT2D eigenvalue weighted by Crippen LogP contribution is 2.24. The summed E-state index contributed by atoms with van der Waals surface area (Å²) in [4.78, 5) is 27.9. The Labute approximate surface area is 148 Å². The van der Waals surface area contributed by atoms with E-state index in [0.29, 0.717) is 11.3 Å². The zero-order chi connectivity index (χ0) is 17.8. The molecule has 1 aromatic heterocycles. The van der Waals surface area contributed by atoms with Crippen LogP contribution in [0.3, 0.4) is 0 Å². The van der Waals surface area contributed by atoms with Crippen LogP contribution in [0.1, 0.15) is 26.4 Å². The minimum Gasteiger partial charge on any atom is -0.465 e. The van der Waals surface area contributed by atoms with E-state index in [1.165, 1.54) is 42.7 Å². The predicted molar refractivity (Wildman–Crippen MR) is 95.0 cm³/mol. The van der Waals surface area contributed by atoms with E-state index in [1.807, 2.05) is 31.2 Å². The van der Waals surface area contributed by atoms with Crippen molar-refractivity contribution in [2.45, 2.75) is 6.92 Å². The lowest BCUT2D eigenvalue weighted by atomic mass is 10.2. The molecule has 0 aliphatic heterocycles. The Bertz CT molecular complexity index is 898. The number of thiazole rings is 1. The highest BCUT2D eigenvalue weighted by atomic mass is 32.1. The van der Waals surface area contributed by atoms with Crippen LogP contribution in [0.25, 0.3) is 10.6 Å². The highest BCUT2D eigenvalue weighted by molar-refractivity contribution is 7.13. The van der Waals surface area contributed by atoms with Gasteiger partial charge < -0.3 is 9.47 Å². The highest BCUT2D eigenvalue weighted by Gasteiger charge is 2.15. The van der Waals surface area contributed by atoms with Gasteiger partial charge in [-0.05, 0) is 31.2 Å². The molecule has 0 amide bonds. The van der Waals surface area contributed by atoms with Crippen molar-refractivity contribution in [2.24, 2.45) is 0 Å². The third-order valence-electron chi connectivity index (χ3n) is 3.50. The normalized spacial score (nSPS) is 10.3. The maximum atomic E-state index is 12.2. The molecule has 3 rings (SSSR count). The number of aryl methyl sites for hydroxylation is 1. The fraction of sp³-hybridized carbons (Fsp3) is 0.105. The minimum atomic E-state index is -0.541. The first-order chi connectivity index (χ1) is 12.1. The van der Waals surface area contributed by atoms with Crippen molar-refractivity contribution < 1.29 is 19.1 Å². The van der Waals surface area contributed by atoms with Gasteiger partial charge in [-0.3, -0.25) is 0 Å². The van der Waals surface area contributed by atoms with Crippen LogP contribution < -0.4 is 4.74 Å². The number of ether oxygens (including phenoxy) is 2. The van der Waals surface area contributed by atoms with Gasteiger partial charge in [0, 0.05) is 10.9 Å². The largest absolute Gasteiger partial charge is 0.465 e. The average Bonchev–Trinajstić information content (AvgIpc) is 3.12. The van der Waals surface area contributed by atoms with Gasteiger partial charge in [0.25, 0.3) is 0 Å². The number of benzene rings is 2. The van der Waals surface area contributed by atoms with Crippen molar-refractivity contribution in [3.63, 3.8) is 0 Å². The Morgan fingerprint density at radius 2 is 1.64 bits per heavy atom. The number of hydrogen-bond donors (Lipinski definition) is 0. The van der Waals surface area contributed by atoms with Crippen molar-refractivity contribution in [1.29, 1.82) is 0 Å². The van der Waals surface area contributed by atoms with E-state index in [9.17, 15) is 9.59 Å². The van der Waals surface area contributed by atoms with E-state index in [2.05, 4.69) is 9.72 Å². The van der Waals surface area contributed by atoms with Gasteiger partial charge in [-0.1, -0.05) is 29.8 Å². The Morgan fingerprint density at radius 3 is 2.28 bits per heavy atom. The van der Waals surface area contributed by atoms with Gasteiger partial charge >= 0.3 is 11.9 Å². The van der Waals surface area contributed by atoms with Crippen LogP contribution in [0.2, 0.25) is 0 Å². The zero-order valence-electron chi connectivity index (χ0n) is 13.7. The lowest BCUT2D eigenvalue weighted by molar-refractivity contribution is 0.0600. The first-order valence-electron chi connectivity index (χ1n) is 7.50. The Hall–Kier alpha value is -2.99. The van der Waals surface area contributed by atoms with Crippen molar-refractivity contribution >= 4 is 23.3 Å². The lowest BCUT2D eigenvalue weighted by Gasteiger charge is -2.03. The summed E-state index contributed by atoms with van der Waals surface area (Å²) in [6, 6.07) is 14.1. The van der Waals surface area contributed by atoms with Crippen molar-refractivity contribution in [1.82, 2.24) is 4.98 Å². The van der Waals surface area contributed by atoms with E-state index < -0.39 is 11.9 Å². The molecule has 0 N–H and O–H groups in total. The second-order valence-corrected chi connectivity index (χ2v) is 6.17. The van der Waals surface area contributed by atoms with E-state index in [0.717, 1.165) is 16.1 Å². The fourth-order valence-electron chi connectivity index (χ4n) is 2.13. The molecule has 0 bridgehead atoms. The molecule has 0 aliphatic rings. The van der Waals surface area contributed by atoms with Crippen molar-refractivity contribution in [3.05, 3.63) is 70.7 Å². The molecule has 0 radical (unpaired) electrons. The van der Waals surface area contributed by atoms with Crippen LogP contribution in [-0.4, -0.2) is 24.0 Å². The third kappa shape index (κ3) is 3.92. The Balaban J connectivity index is 1.71. The molecule has 3 aromatic rings. The smallest absolute Gasteiger partial charge is 0.363 e. The number of carbonyl (C=O) groups is 2. The van der Waals surface area contributed by atoms with Gasteiger partial charge in [0.2, 0.25) is 0 Å². The maximum absolute atomic E-state index is 12.2. The van der Waals surface area contributed by atoms with Gasteiger partial charge in [-0.15, -0.1) is 11.3 Å². The van der Waals surface area contributed by atoms with E-state index >= 15 is 0 Å². The average molecular weight is 353 g/mol. The fourth-order valence-corrected chi connectivity index (χ4v) is 2.93. The maximum Gasteiger partial charge on any atom is 0.363 e. The monoisotopic (exact) mass is 353 g/mol. The number of aromatic nitrogens is 1. The predicted octanol–water partition coefficient (Wildman–Crippen LogP) is 4.12. The zero-order valence-corrected chi connectivity index (χ0v) is 14.5. The second-order valence-electron chi connectivity index (χ2n) is 5.31. The van der Waals surface area contributed by atoms with Gasteiger partial charge in [0.15, 0.2) is 5.69 Å². The summed E-state index contributed by atoms with van der Waals surface area (Å²) in [6.07, 6.45) is 0. The number of carbonyl (C=O) groups excluding carboxylic acids is 2. The molecule has 126 valence electrons. The van der Waals surface area contributed by atoms with Crippen LogP contribution in [0, 0.1) is 6.92 Å². The van der Waals surface area contributed by atoms with Crippen LogP contribution >= 0.6 is 11.3 Å². The molecule has 0 saturated heterocycles. The molecule has 0 unspecified atom stereocenters. The standard InChI is InChI=1S/C19H15NO4S/c1-12-3-5-13(6-4-12)17-20-16(11-25-17)19(22)24-15-9-7-14(8-10-15)18(21)23-2/h3-11H,1-2H3. The molecule has 0 spiro atoms. The van der Waals surface area contributed by atoms with Crippen LogP contribution in [0.5, 0.6) is 5.75 Å². The molecule has 6 heteroatoms. The first-order valence-corrected chi connectivity index (χ1v) is 8.38. The molecule has 1 heterocycles. The number of nitrogens with zero attached hydrogens (tertiary/aromatic N) is 1. The first kappa shape index (κ1) is 16.9. The van der Waals surface area contributed by atoms with Crippen LogP contribution in [0.15, 0.2) is 53.9 Å². The summed E-state index contributed by atoms with van der Waals surface area (Å²) in [5.74, 6) is -0.650. The lowest BCUT2D eigenvalue weighted by Crippen LogP contribution is -2.09. The molecular formula is C19H15NO4S. The van der Waals surface area contributed by atoms with Crippen molar-refractivity contribution in [3.8, 4) is 16.3 Å². The topological polar surface area (TPSA) is 65.5 Å². The second kappa shape index (κ2) is 7.27. The quantitative estimate of drug-likeness (QED) is 0.521. The summed E-state index contributed by atoms with van der Waals surface area (Å²) in [7, 11) is 1.31. The van der Waals surface area contributed by atoms with Crippen LogP contribution in [0.4, 0.5) is 0 Å². The molecule has 25 heavy (non-hydrogen) atoms. The molecular weight excluding hydrogens is 338 g/mol. The number of hydrogen-bond acceptors (Lipinski definition) is 6. The summed E-state index contributed by atoms with van der Waals surface area (Å²) in [5.41, 5.74) is 2.75. The van der Waals surface area contributed by atoms with Gasteiger partial charge in [0.1, 0.15) is 10.8 Å². The molecule has 5 nitrogen and oxygen atoms in total.